The van der Waals surface area contributed by atoms with Crippen LogP contribution in [0, 0.1) is 0 Å². The van der Waals surface area contributed by atoms with Crippen molar-refractivity contribution in [3.8, 4) is 0 Å². The Morgan fingerprint density at radius 2 is 0.917 bits per heavy atom. The second-order valence-electron chi connectivity index (χ2n) is 3.31. The summed E-state index contributed by atoms with van der Waals surface area (Å²) in [6.45, 7) is 0. The van der Waals surface area contributed by atoms with Crippen molar-refractivity contribution in [2.24, 2.45) is 0 Å². The fraction of sp³-hybridized carbons (Fsp3) is 0.400. The van der Waals surface area contributed by atoms with Gasteiger partial charge in [0, 0.05) is 0 Å². The van der Waals surface area contributed by atoms with Crippen LogP contribution in [0.3, 0.4) is 0 Å². The van der Waals surface area contributed by atoms with Crippen LogP contribution in [-0.2, 0) is 0 Å². The van der Waals surface area contributed by atoms with Gasteiger partial charge < -0.3 is 0 Å². The fourth-order valence-corrected chi connectivity index (χ4v) is 5.30. The van der Waals surface area contributed by atoms with Gasteiger partial charge >= 0.3 is 91.2 Å². The summed E-state index contributed by atoms with van der Waals surface area (Å²) in [5.74, 6) is 0. The molecule has 0 spiro atoms. The van der Waals surface area contributed by atoms with E-state index < -0.39 is 40.4 Å². The first-order chi connectivity index (χ1) is 5.61. The zero-order valence-electron chi connectivity index (χ0n) is 8.20. The first-order valence-corrected chi connectivity index (χ1v) is 16.8. The summed E-state index contributed by atoms with van der Waals surface area (Å²) >= 11 is -1.91. The first-order valence-electron chi connectivity index (χ1n) is 4.06. The number of hydrogen-bond acceptors (Lipinski definition) is 0. The molecule has 0 N–H and O–H groups in total. The summed E-state index contributed by atoms with van der Waals surface area (Å²) < 4.78 is 3.29. The molecule has 0 aromatic heterocycles. The van der Waals surface area contributed by atoms with E-state index in [1.54, 1.807) is 7.02 Å². The van der Waals surface area contributed by atoms with Crippen molar-refractivity contribution in [1.82, 2.24) is 0 Å². The molecule has 2 heteroatoms. The summed E-state index contributed by atoms with van der Waals surface area (Å²) in [6.07, 6.45) is 0. The molecule has 66 valence electrons. The summed E-state index contributed by atoms with van der Waals surface area (Å²) in [4.78, 5) is 9.70. The van der Waals surface area contributed by atoms with Crippen LogP contribution >= 0.6 is 0 Å². The number of benzene rings is 1. The zero-order chi connectivity index (χ0) is 9.14. The molecule has 0 aliphatic carbocycles. The van der Waals surface area contributed by atoms with Crippen LogP contribution in [-0.4, -0.2) is 40.4 Å². The summed E-state index contributed by atoms with van der Waals surface area (Å²) in [6, 6.07) is 9.45. The number of rotatable bonds is 2. The average Bonchev–Trinajstić information content (AvgIpc) is 2.04. The molecule has 0 saturated heterocycles. The minimum absolute atomic E-state index is 0.953. The molecule has 0 unspecified atom stereocenters. The van der Waals surface area contributed by atoms with E-state index in [1.165, 1.54) is 0 Å². The second-order valence-corrected chi connectivity index (χ2v) is 16.5. The fourth-order valence-electron chi connectivity index (χ4n) is 1.05. The van der Waals surface area contributed by atoms with Crippen molar-refractivity contribution in [2.45, 2.75) is 19.5 Å². The van der Waals surface area contributed by atoms with Crippen LogP contribution in [0.5, 0.6) is 0 Å². The van der Waals surface area contributed by atoms with Crippen molar-refractivity contribution in [3.63, 3.8) is 0 Å². The summed E-state index contributed by atoms with van der Waals surface area (Å²) in [7, 11) is 0. The van der Waals surface area contributed by atoms with Gasteiger partial charge in [0.1, 0.15) is 0 Å². The van der Waals surface area contributed by atoms with Crippen LogP contribution in [0.1, 0.15) is 0 Å². The first kappa shape index (κ1) is 10.9. The van der Waals surface area contributed by atoms with E-state index >= 15 is 0 Å². The Hall–Kier alpha value is 0.856. The van der Waals surface area contributed by atoms with Crippen molar-refractivity contribution in [1.29, 1.82) is 0 Å². The molecule has 0 aliphatic rings. The molecule has 0 bridgehead atoms. The topological polar surface area (TPSA) is 0 Å². The molecule has 0 amide bonds. The van der Waals surface area contributed by atoms with Crippen LogP contribution in [0.25, 0.3) is 0 Å². The Labute approximate surface area is 90.3 Å². The SMILES string of the molecule is [CH3][Sb]([CH3])[c]1cc[c]([Sb]([CH3])[CH3])cc1. The van der Waals surface area contributed by atoms with Crippen LogP contribution in [0.15, 0.2) is 24.3 Å². The monoisotopic (exact) mass is 378 g/mol. The summed E-state index contributed by atoms with van der Waals surface area (Å²) in [5.41, 5.74) is 0. The van der Waals surface area contributed by atoms with Gasteiger partial charge in [0.2, 0.25) is 0 Å². The van der Waals surface area contributed by atoms with Crippen molar-refractivity contribution < 1.29 is 0 Å². The van der Waals surface area contributed by atoms with Crippen LogP contribution in [0.4, 0.5) is 0 Å². The molecule has 0 atom stereocenters. The maximum atomic E-state index is 2.42. The molecule has 1 aromatic rings. The van der Waals surface area contributed by atoms with E-state index in [0.29, 0.717) is 0 Å². The molecule has 12 heavy (non-hydrogen) atoms. The standard InChI is InChI=1S/C6H4.4CH3.2Sb/c1-2-4-6-5-3-1;;;;;;/h1-2,5-6H;4*1H3;;. The van der Waals surface area contributed by atoms with Gasteiger partial charge in [-0.05, 0) is 0 Å². The predicted molar refractivity (Wildman–Crippen MR) is 60.7 cm³/mol. The van der Waals surface area contributed by atoms with E-state index in [-0.39, 0.29) is 0 Å². The Bertz CT molecular complexity index is 210. The molecule has 0 saturated carbocycles. The molecule has 1 rings (SSSR count). The predicted octanol–water partition coefficient (Wildman–Crippen LogP) is 1.61. The molecule has 0 heterocycles. The molecule has 0 aliphatic heterocycles. The molecule has 0 fully saturated rings. The second kappa shape index (κ2) is 4.92. The van der Waals surface area contributed by atoms with E-state index in [0.717, 1.165) is 0 Å². The van der Waals surface area contributed by atoms with Gasteiger partial charge in [-0.25, -0.2) is 0 Å². The number of hydrogen-bond donors (Lipinski definition) is 0. The van der Waals surface area contributed by atoms with Gasteiger partial charge in [0.15, 0.2) is 0 Å². The van der Waals surface area contributed by atoms with Gasteiger partial charge in [-0.2, -0.15) is 0 Å². The van der Waals surface area contributed by atoms with Gasteiger partial charge in [-0.15, -0.1) is 0 Å². The van der Waals surface area contributed by atoms with Gasteiger partial charge in [0.25, 0.3) is 0 Å². The maximum absolute atomic E-state index is 2.42. The molecular weight excluding hydrogens is 364 g/mol. The molecule has 0 nitrogen and oxygen atoms in total. The van der Waals surface area contributed by atoms with Gasteiger partial charge in [0.05, 0.1) is 0 Å². The average molecular weight is 380 g/mol. The zero-order valence-corrected chi connectivity index (χ0v) is 13.3. The Balaban J connectivity index is 2.86. The van der Waals surface area contributed by atoms with Gasteiger partial charge in [-0.1, -0.05) is 0 Å². The Morgan fingerprint density at radius 3 is 1.08 bits per heavy atom. The summed E-state index contributed by atoms with van der Waals surface area (Å²) in [5, 5.41) is 0. The Morgan fingerprint density at radius 1 is 0.667 bits per heavy atom. The molecule has 1 aromatic carbocycles. The van der Waals surface area contributed by atoms with Crippen molar-refractivity contribution in [3.05, 3.63) is 24.3 Å². The van der Waals surface area contributed by atoms with E-state index in [4.69, 9.17) is 0 Å². The van der Waals surface area contributed by atoms with Crippen LogP contribution < -0.4 is 7.02 Å². The third kappa shape index (κ3) is 2.97. The molecule has 0 radical (unpaired) electrons. The Kier molecular flexibility index (Phi) is 4.48. The molecular formula is C10H16Sb2. The van der Waals surface area contributed by atoms with Crippen molar-refractivity contribution in [2.75, 3.05) is 0 Å². The van der Waals surface area contributed by atoms with Crippen molar-refractivity contribution >= 4 is 47.4 Å². The van der Waals surface area contributed by atoms with Crippen LogP contribution in [0.2, 0.25) is 19.5 Å². The quantitative estimate of drug-likeness (QED) is 0.685. The van der Waals surface area contributed by atoms with E-state index in [1.807, 2.05) is 0 Å². The van der Waals surface area contributed by atoms with E-state index in [9.17, 15) is 0 Å². The van der Waals surface area contributed by atoms with Gasteiger partial charge in [-0.3, -0.25) is 0 Å². The normalized spacial score (nSPS) is 11.2. The minimum atomic E-state index is -0.953. The third-order valence-corrected chi connectivity index (χ3v) is 9.48. The van der Waals surface area contributed by atoms with E-state index in [2.05, 4.69) is 43.7 Å². The third-order valence-electron chi connectivity index (χ3n) is 1.88.